The smallest absolute Gasteiger partial charge is 0.126 e. The van der Waals surface area contributed by atoms with Gasteiger partial charge in [0.1, 0.15) is 5.75 Å². The summed E-state index contributed by atoms with van der Waals surface area (Å²) in [5.74, 6) is 1.56. The second-order valence-corrected chi connectivity index (χ2v) is 6.11. The molecule has 0 aliphatic heterocycles. The summed E-state index contributed by atoms with van der Waals surface area (Å²) in [4.78, 5) is 2.33. The van der Waals surface area contributed by atoms with Gasteiger partial charge in [0, 0.05) is 24.3 Å². The molecule has 1 aliphatic rings. The van der Waals surface area contributed by atoms with Gasteiger partial charge in [0.15, 0.2) is 0 Å². The number of ether oxygens (including phenoxy) is 1. The number of rotatable bonds is 4. The molecular formula is C17H27NO2. The number of nitrogens with zero attached hydrogens (tertiary/aromatic N) is 1. The molecule has 0 radical (unpaired) electrons. The van der Waals surface area contributed by atoms with E-state index in [0.717, 1.165) is 22.9 Å². The zero-order valence-electron chi connectivity index (χ0n) is 13.1. The van der Waals surface area contributed by atoms with Crippen LogP contribution in [-0.2, 0) is 0 Å². The highest BCUT2D eigenvalue weighted by Crippen LogP contribution is 2.37. The van der Waals surface area contributed by atoms with Crippen molar-refractivity contribution in [3.05, 3.63) is 23.8 Å². The third-order valence-electron chi connectivity index (χ3n) is 4.52. The molecule has 0 amide bonds. The highest BCUT2D eigenvalue weighted by Gasteiger charge is 2.25. The van der Waals surface area contributed by atoms with E-state index in [1.807, 2.05) is 12.1 Å². The molecule has 0 saturated heterocycles. The van der Waals surface area contributed by atoms with Crippen LogP contribution < -0.4 is 9.64 Å². The standard InChI is InChI=1S/C17H27NO2/c1-12-7-5-8-14(11-12)18(3)15-9-6-10-16(20-4)17(15)13(2)19/h6,9-10,12-14,19H,5,7-8,11H2,1-4H3/t12?,13-,14?/m0/s1. The summed E-state index contributed by atoms with van der Waals surface area (Å²) < 4.78 is 5.42. The molecule has 112 valence electrons. The number of benzene rings is 1. The highest BCUT2D eigenvalue weighted by molar-refractivity contribution is 5.60. The Morgan fingerprint density at radius 2 is 2.10 bits per heavy atom. The van der Waals surface area contributed by atoms with E-state index in [9.17, 15) is 5.11 Å². The van der Waals surface area contributed by atoms with Crippen molar-refractivity contribution in [2.45, 2.75) is 51.7 Å². The number of aliphatic hydroxyl groups is 1. The first-order valence-electron chi connectivity index (χ1n) is 7.62. The molecule has 3 atom stereocenters. The fourth-order valence-electron chi connectivity index (χ4n) is 3.39. The molecule has 3 nitrogen and oxygen atoms in total. The fraction of sp³-hybridized carbons (Fsp3) is 0.647. The average Bonchev–Trinajstić information content (AvgIpc) is 2.45. The zero-order chi connectivity index (χ0) is 14.7. The normalized spacial score (nSPS) is 24.2. The maximum atomic E-state index is 10.1. The number of hydrogen-bond donors (Lipinski definition) is 1. The van der Waals surface area contributed by atoms with Crippen molar-refractivity contribution < 1.29 is 9.84 Å². The van der Waals surface area contributed by atoms with Gasteiger partial charge in [-0.15, -0.1) is 0 Å². The van der Waals surface area contributed by atoms with Crippen molar-refractivity contribution in [3.8, 4) is 5.75 Å². The lowest BCUT2D eigenvalue weighted by Crippen LogP contribution is -2.36. The Bertz CT molecular complexity index is 445. The predicted octanol–water partition coefficient (Wildman–Crippen LogP) is 3.76. The molecule has 3 heteroatoms. The first-order valence-corrected chi connectivity index (χ1v) is 7.62. The summed E-state index contributed by atoms with van der Waals surface area (Å²) >= 11 is 0. The van der Waals surface area contributed by atoms with Gasteiger partial charge in [0.2, 0.25) is 0 Å². The molecule has 1 aromatic carbocycles. The minimum atomic E-state index is -0.524. The Labute approximate surface area is 122 Å². The Balaban J connectivity index is 2.31. The van der Waals surface area contributed by atoms with Gasteiger partial charge in [0.25, 0.3) is 0 Å². The first kappa shape index (κ1) is 15.2. The van der Waals surface area contributed by atoms with Gasteiger partial charge >= 0.3 is 0 Å². The van der Waals surface area contributed by atoms with E-state index in [1.54, 1.807) is 14.0 Å². The topological polar surface area (TPSA) is 32.7 Å². The number of anilines is 1. The fourth-order valence-corrected chi connectivity index (χ4v) is 3.39. The van der Waals surface area contributed by atoms with Crippen molar-refractivity contribution in [3.63, 3.8) is 0 Å². The largest absolute Gasteiger partial charge is 0.496 e. The second-order valence-electron chi connectivity index (χ2n) is 6.11. The lowest BCUT2D eigenvalue weighted by molar-refractivity contribution is 0.194. The predicted molar refractivity (Wildman–Crippen MR) is 83.5 cm³/mol. The number of methoxy groups -OCH3 is 1. The van der Waals surface area contributed by atoms with Gasteiger partial charge < -0.3 is 14.7 Å². The van der Waals surface area contributed by atoms with Gasteiger partial charge in [-0.2, -0.15) is 0 Å². The molecule has 1 saturated carbocycles. The maximum absolute atomic E-state index is 10.1. The van der Waals surface area contributed by atoms with Crippen molar-refractivity contribution in [2.24, 2.45) is 5.92 Å². The van der Waals surface area contributed by atoms with Gasteiger partial charge in [-0.05, 0) is 37.8 Å². The zero-order valence-corrected chi connectivity index (χ0v) is 13.1. The third kappa shape index (κ3) is 3.09. The summed E-state index contributed by atoms with van der Waals surface area (Å²) in [5.41, 5.74) is 1.99. The Morgan fingerprint density at radius 1 is 1.35 bits per heavy atom. The van der Waals surface area contributed by atoms with Crippen LogP contribution in [0, 0.1) is 5.92 Å². The molecule has 1 N–H and O–H groups in total. The first-order chi connectivity index (χ1) is 9.54. The van der Waals surface area contributed by atoms with Crippen molar-refractivity contribution in [1.82, 2.24) is 0 Å². The lowest BCUT2D eigenvalue weighted by atomic mass is 9.86. The number of aliphatic hydroxyl groups excluding tert-OH is 1. The molecule has 0 bridgehead atoms. The van der Waals surface area contributed by atoms with Gasteiger partial charge in [-0.1, -0.05) is 25.8 Å². The average molecular weight is 277 g/mol. The summed E-state index contributed by atoms with van der Waals surface area (Å²) in [6, 6.07) is 6.57. The van der Waals surface area contributed by atoms with Crippen LogP contribution in [0.5, 0.6) is 5.75 Å². The van der Waals surface area contributed by atoms with E-state index >= 15 is 0 Å². The molecule has 0 spiro atoms. The van der Waals surface area contributed by atoms with Gasteiger partial charge in [0.05, 0.1) is 13.2 Å². The van der Waals surface area contributed by atoms with E-state index in [2.05, 4.69) is 24.9 Å². The summed E-state index contributed by atoms with van der Waals surface area (Å²) in [7, 11) is 3.80. The molecule has 2 unspecified atom stereocenters. The van der Waals surface area contributed by atoms with Crippen LogP contribution in [0.25, 0.3) is 0 Å². The SMILES string of the molecule is COc1cccc(N(C)C2CCCC(C)C2)c1[C@H](C)O. The second kappa shape index (κ2) is 6.49. The third-order valence-corrected chi connectivity index (χ3v) is 4.52. The molecule has 0 heterocycles. The molecule has 1 aromatic rings. The molecule has 0 aromatic heterocycles. The van der Waals surface area contributed by atoms with E-state index in [-0.39, 0.29) is 0 Å². The van der Waals surface area contributed by atoms with Crippen LogP contribution in [0.3, 0.4) is 0 Å². The lowest BCUT2D eigenvalue weighted by Gasteiger charge is -2.37. The van der Waals surface area contributed by atoms with Crippen LogP contribution in [0.15, 0.2) is 18.2 Å². The molecule has 1 aliphatic carbocycles. The van der Waals surface area contributed by atoms with Gasteiger partial charge in [-0.25, -0.2) is 0 Å². The summed E-state index contributed by atoms with van der Waals surface area (Å²) in [6.07, 6.45) is 4.57. The minimum absolute atomic E-state index is 0.524. The van der Waals surface area contributed by atoms with E-state index in [0.29, 0.717) is 6.04 Å². The Morgan fingerprint density at radius 3 is 2.70 bits per heavy atom. The van der Waals surface area contributed by atoms with Gasteiger partial charge in [-0.3, -0.25) is 0 Å². The van der Waals surface area contributed by atoms with E-state index < -0.39 is 6.10 Å². The van der Waals surface area contributed by atoms with Crippen LogP contribution in [0.4, 0.5) is 5.69 Å². The molecule has 1 fully saturated rings. The van der Waals surface area contributed by atoms with Crippen LogP contribution in [-0.4, -0.2) is 25.3 Å². The van der Waals surface area contributed by atoms with Crippen molar-refractivity contribution >= 4 is 5.69 Å². The van der Waals surface area contributed by atoms with E-state index in [4.69, 9.17) is 4.74 Å². The molecule has 2 rings (SSSR count). The maximum Gasteiger partial charge on any atom is 0.126 e. The van der Waals surface area contributed by atoms with Crippen LogP contribution in [0.2, 0.25) is 0 Å². The number of hydrogen-bond acceptors (Lipinski definition) is 3. The Kier molecular flexibility index (Phi) is 4.92. The summed E-state index contributed by atoms with van der Waals surface area (Å²) in [6.45, 7) is 4.14. The quantitative estimate of drug-likeness (QED) is 0.909. The Hall–Kier alpha value is -1.22. The van der Waals surface area contributed by atoms with E-state index in [1.165, 1.54) is 25.7 Å². The van der Waals surface area contributed by atoms with Crippen molar-refractivity contribution in [2.75, 3.05) is 19.1 Å². The van der Waals surface area contributed by atoms with Crippen molar-refractivity contribution in [1.29, 1.82) is 0 Å². The molecule has 20 heavy (non-hydrogen) atoms. The minimum Gasteiger partial charge on any atom is -0.496 e. The molecular weight excluding hydrogens is 250 g/mol. The van der Waals surface area contributed by atoms with Crippen LogP contribution in [0.1, 0.15) is 51.2 Å². The highest BCUT2D eigenvalue weighted by atomic mass is 16.5. The monoisotopic (exact) mass is 277 g/mol. The van der Waals surface area contributed by atoms with Crippen LogP contribution >= 0.6 is 0 Å². The summed E-state index contributed by atoms with van der Waals surface area (Å²) in [5, 5.41) is 10.1.